The van der Waals surface area contributed by atoms with Gasteiger partial charge in [-0.05, 0) is 24.3 Å². The second kappa shape index (κ2) is 4.41. The smallest absolute Gasteiger partial charge is 0.122 e. The van der Waals surface area contributed by atoms with E-state index in [1.54, 1.807) is 6.20 Å². The van der Waals surface area contributed by atoms with Crippen molar-refractivity contribution in [2.45, 2.75) is 19.8 Å². The van der Waals surface area contributed by atoms with Crippen molar-refractivity contribution >= 4 is 5.84 Å². The number of nitrogens with two attached hydrogens (primary N) is 1. The minimum atomic E-state index is 0.0891. The van der Waals surface area contributed by atoms with Crippen molar-refractivity contribution in [1.82, 2.24) is 9.55 Å². The number of imidazole rings is 1. The molecule has 17 heavy (non-hydrogen) atoms. The Morgan fingerprint density at radius 2 is 1.94 bits per heavy atom. The predicted octanol–water partition coefficient (Wildman–Crippen LogP) is 2.28. The van der Waals surface area contributed by atoms with E-state index >= 15 is 0 Å². The van der Waals surface area contributed by atoms with Crippen molar-refractivity contribution in [3.05, 3.63) is 48.0 Å². The minimum Gasteiger partial charge on any atom is -0.384 e. The molecule has 1 aromatic carbocycles. The fraction of sp³-hybridized carbons (Fsp3) is 0.231. The SMILES string of the molecule is CC(C)c1nccn1-c1ccc(C(=N)N)cc1. The lowest BCUT2D eigenvalue weighted by molar-refractivity contribution is 0.752. The predicted molar refractivity (Wildman–Crippen MR) is 68.7 cm³/mol. The van der Waals surface area contributed by atoms with Gasteiger partial charge in [0.25, 0.3) is 0 Å². The Morgan fingerprint density at radius 1 is 1.29 bits per heavy atom. The zero-order chi connectivity index (χ0) is 12.4. The number of nitrogens with zero attached hydrogens (tertiary/aromatic N) is 2. The van der Waals surface area contributed by atoms with E-state index in [0.29, 0.717) is 5.92 Å². The van der Waals surface area contributed by atoms with Crippen LogP contribution in [0.15, 0.2) is 36.7 Å². The number of nitrogen functional groups attached to an aromatic ring is 1. The van der Waals surface area contributed by atoms with Crippen LogP contribution >= 0.6 is 0 Å². The van der Waals surface area contributed by atoms with Gasteiger partial charge in [-0.2, -0.15) is 0 Å². The first-order chi connectivity index (χ1) is 8.09. The van der Waals surface area contributed by atoms with Crippen LogP contribution in [-0.4, -0.2) is 15.4 Å². The summed E-state index contributed by atoms with van der Waals surface area (Å²) in [7, 11) is 0. The average molecular weight is 228 g/mol. The van der Waals surface area contributed by atoms with Crippen LogP contribution < -0.4 is 5.73 Å². The highest BCUT2D eigenvalue weighted by atomic mass is 15.1. The molecule has 2 aromatic rings. The molecule has 0 amide bonds. The van der Waals surface area contributed by atoms with E-state index < -0.39 is 0 Å². The van der Waals surface area contributed by atoms with Crippen LogP contribution in [0.1, 0.15) is 31.2 Å². The monoisotopic (exact) mass is 228 g/mol. The Bertz CT molecular complexity index is 523. The van der Waals surface area contributed by atoms with Crippen molar-refractivity contribution < 1.29 is 0 Å². The second-order valence-corrected chi connectivity index (χ2v) is 4.27. The number of hydrogen-bond acceptors (Lipinski definition) is 2. The topological polar surface area (TPSA) is 67.7 Å². The summed E-state index contributed by atoms with van der Waals surface area (Å²) in [5, 5.41) is 7.35. The normalized spacial score (nSPS) is 10.8. The highest BCUT2D eigenvalue weighted by Crippen LogP contribution is 2.17. The molecule has 0 spiro atoms. The van der Waals surface area contributed by atoms with Gasteiger partial charge >= 0.3 is 0 Å². The minimum absolute atomic E-state index is 0.0891. The van der Waals surface area contributed by atoms with Gasteiger partial charge in [-0.3, -0.25) is 5.41 Å². The van der Waals surface area contributed by atoms with Crippen LogP contribution in [0.3, 0.4) is 0 Å². The summed E-state index contributed by atoms with van der Waals surface area (Å²) >= 11 is 0. The molecule has 2 rings (SSSR count). The molecule has 0 bridgehead atoms. The molecule has 1 heterocycles. The fourth-order valence-electron chi connectivity index (χ4n) is 1.76. The summed E-state index contributed by atoms with van der Waals surface area (Å²) < 4.78 is 2.05. The van der Waals surface area contributed by atoms with Gasteiger partial charge in [-0.15, -0.1) is 0 Å². The molecule has 0 saturated heterocycles. The highest BCUT2D eigenvalue weighted by molar-refractivity contribution is 5.95. The molecular weight excluding hydrogens is 212 g/mol. The molecule has 0 aliphatic rings. The number of amidine groups is 1. The third-order valence-electron chi connectivity index (χ3n) is 2.64. The van der Waals surface area contributed by atoms with Gasteiger partial charge in [0.05, 0.1) is 0 Å². The Morgan fingerprint density at radius 3 is 2.47 bits per heavy atom. The lowest BCUT2D eigenvalue weighted by atomic mass is 10.1. The molecule has 0 aliphatic heterocycles. The Hall–Kier alpha value is -2.10. The summed E-state index contributed by atoms with van der Waals surface area (Å²) in [4.78, 5) is 4.35. The van der Waals surface area contributed by atoms with E-state index in [0.717, 1.165) is 17.1 Å². The fourth-order valence-corrected chi connectivity index (χ4v) is 1.76. The van der Waals surface area contributed by atoms with Gasteiger partial charge in [0.15, 0.2) is 0 Å². The number of rotatable bonds is 3. The van der Waals surface area contributed by atoms with Gasteiger partial charge in [-0.1, -0.05) is 13.8 Å². The molecule has 1 aromatic heterocycles. The molecular formula is C13H16N4. The molecule has 4 nitrogen and oxygen atoms in total. The van der Waals surface area contributed by atoms with Crippen molar-refractivity contribution in [1.29, 1.82) is 5.41 Å². The van der Waals surface area contributed by atoms with Crippen LogP contribution in [0.4, 0.5) is 0 Å². The first-order valence-electron chi connectivity index (χ1n) is 5.57. The Balaban J connectivity index is 2.40. The summed E-state index contributed by atoms with van der Waals surface area (Å²) in [6.07, 6.45) is 3.74. The van der Waals surface area contributed by atoms with Crippen LogP contribution in [0.25, 0.3) is 5.69 Å². The average Bonchev–Trinajstić information content (AvgIpc) is 2.78. The molecule has 0 saturated carbocycles. The third kappa shape index (κ3) is 2.20. The molecule has 0 unspecified atom stereocenters. The molecule has 4 heteroatoms. The van der Waals surface area contributed by atoms with Crippen LogP contribution in [0.2, 0.25) is 0 Å². The van der Waals surface area contributed by atoms with Crippen LogP contribution in [0.5, 0.6) is 0 Å². The molecule has 0 aliphatic carbocycles. The van der Waals surface area contributed by atoms with E-state index in [1.165, 1.54) is 0 Å². The molecule has 0 fully saturated rings. The lowest BCUT2D eigenvalue weighted by Gasteiger charge is -2.10. The Kier molecular flexibility index (Phi) is 2.95. The van der Waals surface area contributed by atoms with Crippen molar-refractivity contribution in [3.8, 4) is 5.69 Å². The number of benzene rings is 1. The van der Waals surface area contributed by atoms with E-state index in [1.807, 2.05) is 30.5 Å². The summed E-state index contributed by atoms with van der Waals surface area (Å²) in [6, 6.07) is 7.60. The lowest BCUT2D eigenvalue weighted by Crippen LogP contribution is -2.11. The zero-order valence-electron chi connectivity index (χ0n) is 10.0. The summed E-state index contributed by atoms with van der Waals surface area (Å²) in [5.74, 6) is 1.49. The maximum Gasteiger partial charge on any atom is 0.122 e. The third-order valence-corrected chi connectivity index (χ3v) is 2.64. The standard InChI is InChI=1S/C13H16N4/c1-9(2)13-16-7-8-17(13)11-5-3-10(4-6-11)12(14)15/h3-9H,1-2H3,(H3,14,15). The molecule has 0 atom stereocenters. The van der Waals surface area contributed by atoms with Crippen LogP contribution in [-0.2, 0) is 0 Å². The number of nitrogens with one attached hydrogen (secondary N) is 1. The first kappa shape index (κ1) is 11.4. The second-order valence-electron chi connectivity index (χ2n) is 4.27. The molecule has 3 N–H and O–H groups in total. The van der Waals surface area contributed by atoms with Gasteiger partial charge in [0.2, 0.25) is 0 Å². The van der Waals surface area contributed by atoms with Crippen molar-refractivity contribution in [3.63, 3.8) is 0 Å². The van der Waals surface area contributed by atoms with Crippen molar-refractivity contribution in [2.24, 2.45) is 5.73 Å². The summed E-state index contributed by atoms with van der Waals surface area (Å²) in [5.41, 5.74) is 7.20. The van der Waals surface area contributed by atoms with E-state index in [4.69, 9.17) is 11.1 Å². The number of aromatic nitrogens is 2. The largest absolute Gasteiger partial charge is 0.384 e. The highest BCUT2D eigenvalue weighted by Gasteiger charge is 2.08. The first-order valence-corrected chi connectivity index (χ1v) is 5.57. The summed E-state index contributed by atoms with van der Waals surface area (Å²) in [6.45, 7) is 4.23. The zero-order valence-corrected chi connectivity index (χ0v) is 10.0. The van der Waals surface area contributed by atoms with E-state index in [-0.39, 0.29) is 5.84 Å². The van der Waals surface area contributed by atoms with Gasteiger partial charge < -0.3 is 10.3 Å². The van der Waals surface area contributed by atoms with Gasteiger partial charge in [0, 0.05) is 29.6 Å². The van der Waals surface area contributed by atoms with E-state index in [9.17, 15) is 0 Å². The van der Waals surface area contributed by atoms with Gasteiger partial charge in [0.1, 0.15) is 11.7 Å². The van der Waals surface area contributed by atoms with Crippen LogP contribution in [0, 0.1) is 5.41 Å². The number of hydrogen-bond donors (Lipinski definition) is 2. The molecule has 88 valence electrons. The quantitative estimate of drug-likeness (QED) is 0.625. The maximum atomic E-state index is 7.35. The van der Waals surface area contributed by atoms with Gasteiger partial charge in [-0.25, -0.2) is 4.98 Å². The maximum absolute atomic E-state index is 7.35. The van der Waals surface area contributed by atoms with Crippen molar-refractivity contribution in [2.75, 3.05) is 0 Å². The Labute approximate surface area is 101 Å². The molecule has 0 radical (unpaired) electrons. The van der Waals surface area contributed by atoms with E-state index in [2.05, 4.69) is 23.4 Å².